The van der Waals surface area contributed by atoms with Gasteiger partial charge in [0.1, 0.15) is 5.82 Å². The molecule has 160 valence electrons. The van der Waals surface area contributed by atoms with E-state index in [0.717, 1.165) is 17.2 Å². The summed E-state index contributed by atoms with van der Waals surface area (Å²) in [5.41, 5.74) is 2.90. The lowest BCUT2D eigenvalue weighted by atomic mass is 9.91. The molecular weight excluding hydrogens is 378 g/mol. The van der Waals surface area contributed by atoms with Gasteiger partial charge in [-0.25, -0.2) is 4.85 Å². The van der Waals surface area contributed by atoms with Gasteiger partial charge in [-0.3, -0.25) is 4.68 Å². The van der Waals surface area contributed by atoms with E-state index in [1.54, 1.807) is 16.4 Å². The molecule has 0 aliphatic heterocycles. The van der Waals surface area contributed by atoms with E-state index in [-0.39, 0.29) is 16.7 Å². The van der Waals surface area contributed by atoms with Crippen LogP contribution in [-0.2, 0) is 24.9 Å². The highest BCUT2D eigenvalue weighted by Gasteiger charge is 2.29. The quantitative estimate of drug-likeness (QED) is 0.424. The van der Waals surface area contributed by atoms with Crippen molar-refractivity contribution in [2.24, 2.45) is 24.3 Å². The molecule has 0 spiro atoms. The van der Waals surface area contributed by atoms with Crippen molar-refractivity contribution in [3.05, 3.63) is 28.6 Å². The zero-order valence-corrected chi connectivity index (χ0v) is 19.6. The van der Waals surface area contributed by atoms with Gasteiger partial charge in [-0.1, -0.05) is 55.4 Å². The number of hydrogen-bond donors (Lipinski definition) is 0. The number of aryl methyl sites for hydroxylation is 2. The number of azo groups is 1. The average molecular weight is 410 g/mol. The van der Waals surface area contributed by atoms with Crippen LogP contribution in [0.2, 0.25) is 0 Å². The van der Waals surface area contributed by atoms with Crippen molar-refractivity contribution in [2.45, 2.75) is 72.1 Å². The minimum atomic E-state index is -0.263. The SMILES string of the molecule is [C-]#[N+]c1c(C(C)(C)C)nn(C)c1/N=N/c1c(C(C)(C)C)nn2nc(C(C)C)n(C)c12. The van der Waals surface area contributed by atoms with Crippen molar-refractivity contribution < 1.29 is 0 Å². The summed E-state index contributed by atoms with van der Waals surface area (Å²) in [6.45, 7) is 24.2. The summed E-state index contributed by atoms with van der Waals surface area (Å²) in [5.74, 6) is 1.62. The van der Waals surface area contributed by atoms with Crippen molar-refractivity contribution >= 4 is 22.8 Å². The second-order valence-electron chi connectivity index (χ2n) is 10.0. The first-order valence-corrected chi connectivity index (χ1v) is 10.1. The van der Waals surface area contributed by atoms with Crippen molar-refractivity contribution in [1.29, 1.82) is 0 Å². The lowest BCUT2D eigenvalue weighted by Crippen LogP contribution is -2.13. The summed E-state index contributed by atoms with van der Waals surface area (Å²) >= 11 is 0. The van der Waals surface area contributed by atoms with E-state index in [9.17, 15) is 0 Å². The van der Waals surface area contributed by atoms with Crippen LogP contribution in [0.15, 0.2) is 10.2 Å². The first-order valence-electron chi connectivity index (χ1n) is 10.1. The van der Waals surface area contributed by atoms with Gasteiger partial charge in [0, 0.05) is 25.4 Å². The molecule has 0 aliphatic rings. The van der Waals surface area contributed by atoms with Crippen LogP contribution in [0.5, 0.6) is 0 Å². The maximum Gasteiger partial charge on any atom is 0.255 e. The van der Waals surface area contributed by atoms with Gasteiger partial charge in [0.25, 0.3) is 5.69 Å². The van der Waals surface area contributed by atoms with Crippen LogP contribution >= 0.6 is 0 Å². The van der Waals surface area contributed by atoms with E-state index in [2.05, 4.69) is 59.9 Å². The smallest absolute Gasteiger partial charge is 0.255 e. The van der Waals surface area contributed by atoms with Crippen LogP contribution in [0.25, 0.3) is 10.5 Å². The second kappa shape index (κ2) is 7.04. The normalized spacial score (nSPS) is 13.1. The monoisotopic (exact) mass is 409 g/mol. The van der Waals surface area contributed by atoms with Gasteiger partial charge in [-0.05, 0) is 5.41 Å². The fourth-order valence-corrected chi connectivity index (χ4v) is 3.45. The molecule has 0 bridgehead atoms. The van der Waals surface area contributed by atoms with Gasteiger partial charge in [0.2, 0.25) is 0 Å². The lowest BCUT2D eigenvalue weighted by Gasteiger charge is -2.15. The third-order valence-electron chi connectivity index (χ3n) is 4.97. The molecule has 3 aromatic heterocycles. The molecule has 0 radical (unpaired) electrons. The molecule has 30 heavy (non-hydrogen) atoms. The third kappa shape index (κ3) is 3.51. The van der Waals surface area contributed by atoms with Crippen LogP contribution < -0.4 is 0 Å². The summed E-state index contributed by atoms with van der Waals surface area (Å²) in [6.07, 6.45) is 0. The largest absolute Gasteiger partial charge is 0.312 e. The Kier molecular flexibility index (Phi) is 5.09. The van der Waals surface area contributed by atoms with Crippen LogP contribution in [0.3, 0.4) is 0 Å². The molecule has 0 saturated heterocycles. The molecule has 0 saturated carbocycles. The zero-order valence-electron chi connectivity index (χ0n) is 19.6. The molecule has 0 fully saturated rings. The Morgan fingerprint density at radius 3 is 2.00 bits per heavy atom. The Morgan fingerprint density at radius 2 is 1.50 bits per heavy atom. The Morgan fingerprint density at radius 1 is 0.900 bits per heavy atom. The Balaban J connectivity index is 2.24. The first-order chi connectivity index (χ1) is 13.8. The van der Waals surface area contributed by atoms with Crippen LogP contribution in [0.4, 0.5) is 17.2 Å². The summed E-state index contributed by atoms with van der Waals surface area (Å²) < 4.78 is 5.28. The predicted octanol–water partition coefficient (Wildman–Crippen LogP) is 5.49. The summed E-state index contributed by atoms with van der Waals surface area (Å²) in [7, 11) is 3.76. The van der Waals surface area contributed by atoms with Gasteiger partial charge >= 0.3 is 0 Å². The molecule has 0 aromatic carbocycles. The van der Waals surface area contributed by atoms with Gasteiger partial charge in [0.15, 0.2) is 17.2 Å². The van der Waals surface area contributed by atoms with Gasteiger partial charge in [-0.2, -0.15) is 10.2 Å². The van der Waals surface area contributed by atoms with Crippen molar-refractivity contribution in [3.63, 3.8) is 0 Å². The van der Waals surface area contributed by atoms with Crippen molar-refractivity contribution in [1.82, 2.24) is 29.2 Å². The molecule has 0 N–H and O–H groups in total. The molecule has 3 aromatic rings. The number of aromatic nitrogens is 6. The highest BCUT2D eigenvalue weighted by molar-refractivity contribution is 5.70. The fraction of sp³-hybridized carbons (Fsp3) is 0.619. The minimum Gasteiger partial charge on any atom is -0.312 e. The molecule has 0 unspecified atom stereocenters. The van der Waals surface area contributed by atoms with E-state index in [4.69, 9.17) is 11.7 Å². The molecule has 9 heteroatoms. The van der Waals surface area contributed by atoms with Crippen molar-refractivity contribution in [3.8, 4) is 0 Å². The average Bonchev–Trinajstić information content (AvgIpc) is 3.23. The molecule has 9 nitrogen and oxygen atoms in total. The maximum atomic E-state index is 7.67. The third-order valence-corrected chi connectivity index (χ3v) is 4.97. The fourth-order valence-electron chi connectivity index (χ4n) is 3.45. The van der Waals surface area contributed by atoms with E-state index in [1.807, 2.05) is 32.4 Å². The molecule has 3 heterocycles. The Hall–Kier alpha value is -3.02. The standard InChI is InChI=1S/C21H31N9/c1-12(2)17-27-30-19(28(17)10)14(16(26-30)21(6,7)8)23-24-18-13(22-9)15(20(3,4)5)25-29(18)11/h12H,1-8,10-11H3/b24-23+. The highest BCUT2D eigenvalue weighted by atomic mass is 15.5. The predicted molar refractivity (Wildman–Crippen MR) is 117 cm³/mol. The van der Waals surface area contributed by atoms with E-state index < -0.39 is 0 Å². The molecule has 0 amide bonds. The number of nitrogens with zero attached hydrogens (tertiary/aromatic N) is 9. The maximum absolute atomic E-state index is 7.67. The van der Waals surface area contributed by atoms with Gasteiger partial charge in [-0.15, -0.1) is 20.0 Å². The summed E-state index contributed by atoms with van der Waals surface area (Å²) in [6, 6.07) is 0. The van der Waals surface area contributed by atoms with Crippen LogP contribution in [-0.4, -0.2) is 29.2 Å². The van der Waals surface area contributed by atoms with E-state index in [1.165, 1.54) is 0 Å². The molecule has 3 rings (SSSR count). The Bertz CT molecular complexity index is 1160. The van der Waals surface area contributed by atoms with Gasteiger partial charge in [0.05, 0.1) is 18.0 Å². The second-order valence-corrected chi connectivity index (χ2v) is 10.0. The molecule has 0 aliphatic carbocycles. The summed E-state index contributed by atoms with van der Waals surface area (Å²) in [4.78, 5) is 3.71. The van der Waals surface area contributed by atoms with Crippen LogP contribution in [0, 0.1) is 6.57 Å². The van der Waals surface area contributed by atoms with E-state index in [0.29, 0.717) is 22.9 Å². The molecular formula is C21H31N9. The number of hydrogen-bond acceptors (Lipinski definition) is 5. The first kappa shape index (κ1) is 21.7. The highest BCUT2D eigenvalue weighted by Crippen LogP contribution is 2.41. The number of rotatable bonds is 3. The topological polar surface area (TPSA) is 82.0 Å². The minimum absolute atomic E-state index is 0.244. The van der Waals surface area contributed by atoms with Crippen molar-refractivity contribution in [2.75, 3.05) is 0 Å². The zero-order chi connectivity index (χ0) is 22.6. The lowest BCUT2D eigenvalue weighted by molar-refractivity contribution is 0.554. The molecule has 0 atom stereocenters. The van der Waals surface area contributed by atoms with Crippen LogP contribution in [0.1, 0.15) is 78.5 Å². The number of fused-ring (bicyclic) bond motifs is 1. The summed E-state index contributed by atoms with van der Waals surface area (Å²) in [5, 5.41) is 23.0. The van der Waals surface area contributed by atoms with E-state index >= 15 is 0 Å². The van der Waals surface area contributed by atoms with Gasteiger partial charge < -0.3 is 4.57 Å². The Labute approximate surface area is 177 Å².